The molecule has 5 rings (SSSR count). The van der Waals surface area contributed by atoms with Crippen molar-refractivity contribution in [3.63, 3.8) is 0 Å². The number of carboxylic acids is 1. The molecule has 0 saturated carbocycles. The van der Waals surface area contributed by atoms with Crippen LogP contribution in [0.3, 0.4) is 0 Å². The molecule has 2 N–H and O–H groups in total. The summed E-state index contributed by atoms with van der Waals surface area (Å²) in [6, 6.07) is 13.3. The van der Waals surface area contributed by atoms with Gasteiger partial charge in [-0.2, -0.15) is 0 Å². The Kier molecular flexibility index (Phi) is 5.99. The molecule has 167 valence electrons. The fourth-order valence-corrected chi connectivity index (χ4v) is 6.93. The maximum absolute atomic E-state index is 13.6. The van der Waals surface area contributed by atoms with Crippen molar-refractivity contribution in [1.29, 1.82) is 0 Å². The quantitative estimate of drug-likeness (QED) is 0.512. The second-order valence-electron chi connectivity index (χ2n) is 8.46. The van der Waals surface area contributed by atoms with Gasteiger partial charge in [-0.3, -0.25) is 9.10 Å². The van der Waals surface area contributed by atoms with Gasteiger partial charge >= 0.3 is 5.97 Å². The molecule has 2 aromatic rings. The number of anilines is 1. The Morgan fingerprint density at radius 2 is 1.70 bits per heavy atom. The maximum atomic E-state index is 13.6. The predicted octanol–water partition coefficient (Wildman–Crippen LogP) is 1.68. The number of nitrogens with zero attached hydrogens (tertiary/aromatic N) is 2. The zero-order valence-corrected chi connectivity index (χ0v) is 21.3. The minimum atomic E-state index is -3.96. The van der Waals surface area contributed by atoms with E-state index < -0.39 is 45.9 Å². The number of aliphatic carboxylic acids is 1. The molecule has 1 saturated heterocycles. The van der Waals surface area contributed by atoms with Crippen LogP contribution in [0.4, 0.5) is 5.69 Å². The van der Waals surface area contributed by atoms with Gasteiger partial charge in [0, 0.05) is 46.6 Å². The Labute approximate surface area is 213 Å². The van der Waals surface area contributed by atoms with Crippen LogP contribution in [-0.4, -0.2) is 83.7 Å². The van der Waals surface area contributed by atoms with Crippen LogP contribution in [0.1, 0.15) is 13.8 Å². The number of aliphatic hydroxyl groups is 1. The summed E-state index contributed by atoms with van der Waals surface area (Å²) >= 11 is 0. The topological polar surface area (TPSA) is 115 Å². The first-order chi connectivity index (χ1) is 15.2. The Morgan fingerprint density at radius 1 is 1.09 bits per heavy atom. The number of hydrogen-bond donors (Lipinski definition) is 2. The Hall–Kier alpha value is -2.17. The van der Waals surface area contributed by atoms with Gasteiger partial charge in [-0.15, -0.1) is 0 Å². The number of para-hydroxylation sites is 1. The van der Waals surface area contributed by atoms with E-state index in [4.69, 9.17) is 0 Å². The number of hydrogen-bond acceptors (Lipinski definition) is 5. The molecule has 3 aliphatic rings. The molecule has 0 unspecified atom stereocenters. The number of β-lactam (4-membered cyclic amide) rings is 1. The molecule has 2 aromatic carbocycles. The van der Waals surface area contributed by atoms with E-state index in [0.717, 1.165) is 5.56 Å². The molecule has 33 heavy (non-hydrogen) atoms. The van der Waals surface area contributed by atoms with Crippen molar-refractivity contribution in [3.05, 3.63) is 59.8 Å². The number of carbonyl (C=O) groups is 2. The van der Waals surface area contributed by atoms with E-state index in [1.807, 2.05) is 12.1 Å². The van der Waals surface area contributed by atoms with Crippen molar-refractivity contribution < 1.29 is 28.2 Å². The smallest absolute Gasteiger partial charge is 0.352 e. The molecule has 10 heteroatoms. The minimum Gasteiger partial charge on any atom is -0.477 e. The van der Waals surface area contributed by atoms with E-state index in [2.05, 4.69) is 0 Å². The van der Waals surface area contributed by atoms with E-state index >= 15 is 0 Å². The van der Waals surface area contributed by atoms with E-state index in [1.54, 1.807) is 43.3 Å². The third-order valence-corrected chi connectivity index (χ3v) is 8.57. The summed E-state index contributed by atoms with van der Waals surface area (Å²) in [6.07, 6.45) is -0.924. The largest absolute Gasteiger partial charge is 0.477 e. The first-order valence-electron chi connectivity index (χ1n) is 10.3. The summed E-state index contributed by atoms with van der Waals surface area (Å²) in [7, 11) is -3.96. The van der Waals surface area contributed by atoms with Crippen molar-refractivity contribution in [2.45, 2.75) is 30.9 Å². The first-order valence-corrected chi connectivity index (χ1v) is 11.8. The first kappa shape index (κ1) is 24.0. The van der Waals surface area contributed by atoms with Gasteiger partial charge in [-0.25, -0.2) is 13.2 Å². The number of rotatable bonds is 4. The summed E-state index contributed by atoms with van der Waals surface area (Å²) in [6.45, 7) is 3.10. The monoisotopic (exact) mass is 477 g/mol. The van der Waals surface area contributed by atoms with E-state index in [1.165, 1.54) is 16.1 Å². The van der Waals surface area contributed by atoms with Crippen LogP contribution in [0.15, 0.2) is 64.7 Å². The predicted molar refractivity (Wildman–Crippen MR) is 122 cm³/mol. The third-order valence-electron chi connectivity index (χ3n) is 6.75. The molecule has 4 atom stereocenters. The van der Waals surface area contributed by atoms with Crippen LogP contribution in [0.5, 0.6) is 0 Å². The number of fused-ring (bicyclic) bond motifs is 4. The Morgan fingerprint density at radius 3 is 2.33 bits per heavy atom. The molecule has 0 spiro atoms. The zero-order chi connectivity index (χ0) is 22.9. The van der Waals surface area contributed by atoms with Crippen LogP contribution < -0.4 is 4.31 Å². The molecule has 0 bridgehead atoms. The van der Waals surface area contributed by atoms with E-state index in [0.29, 0.717) is 16.8 Å². The van der Waals surface area contributed by atoms with Crippen LogP contribution in [-0.2, 0) is 19.6 Å². The second-order valence-corrected chi connectivity index (χ2v) is 10.3. The zero-order valence-electron chi connectivity index (χ0n) is 18.5. The average Bonchev–Trinajstić information content (AvgIpc) is 2.99. The average molecular weight is 477 g/mol. The summed E-state index contributed by atoms with van der Waals surface area (Å²) in [4.78, 5) is 26.1. The minimum absolute atomic E-state index is 0. The second kappa shape index (κ2) is 8.25. The maximum Gasteiger partial charge on any atom is 0.352 e. The van der Waals surface area contributed by atoms with Crippen LogP contribution in [0.2, 0.25) is 0 Å². The van der Waals surface area contributed by atoms with Gasteiger partial charge in [0.15, 0.2) is 0 Å². The summed E-state index contributed by atoms with van der Waals surface area (Å²) in [5.74, 6) is -2.85. The number of carboxylic acid groups (broad SMARTS) is 1. The third kappa shape index (κ3) is 3.29. The normalized spacial score (nSPS) is 25.4. The molecular weight excluding hydrogens is 455 g/mol. The van der Waals surface area contributed by atoms with Crippen molar-refractivity contribution in [3.8, 4) is 11.1 Å². The van der Waals surface area contributed by atoms with Crippen LogP contribution in [0, 0.1) is 11.8 Å². The summed E-state index contributed by atoms with van der Waals surface area (Å²) < 4.78 is 28.4. The molecule has 1 radical (unpaired) electrons. The van der Waals surface area contributed by atoms with Gasteiger partial charge in [-0.05, 0) is 24.6 Å². The molecule has 0 aromatic heterocycles. The number of sulfonamides is 1. The van der Waals surface area contributed by atoms with Gasteiger partial charge < -0.3 is 15.1 Å². The van der Waals surface area contributed by atoms with Crippen molar-refractivity contribution in [2.24, 2.45) is 11.8 Å². The number of amides is 1. The van der Waals surface area contributed by atoms with Crippen molar-refractivity contribution in [2.75, 3.05) is 10.8 Å². The molecule has 3 heterocycles. The number of benzene rings is 2. The fourth-order valence-electron chi connectivity index (χ4n) is 5.26. The van der Waals surface area contributed by atoms with Gasteiger partial charge in [0.2, 0.25) is 5.91 Å². The van der Waals surface area contributed by atoms with Crippen molar-refractivity contribution >= 4 is 57.1 Å². The summed E-state index contributed by atoms with van der Waals surface area (Å²) in [5, 5.41) is 19.9. The Balaban J connectivity index is 0.00000259. The SMILES string of the molecule is C[C@@H](O)[C@H]1C(=O)N2C(C(=O)O)=C(CN3c4ccccc4-c4ccccc4S3(=O)=O)[C@H](C)[C@H]12.[Na]. The van der Waals surface area contributed by atoms with E-state index in [-0.39, 0.29) is 46.7 Å². The number of carbonyl (C=O) groups excluding carboxylic acids is 1. The molecule has 1 fully saturated rings. The standard InChI is InChI=1S/C23H22N2O6S.Na/c1-12-16(21(23(28)29)25-20(12)19(13(2)26)22(25)27)11-24-17-9-5-3-7-14(17)15-8-4-6-10-18(15)32(24,30)31;/h3-10,12-13,19-20,26H,11H2,1-2H3,(H,28,29);/t12-,13+,19+,20+;/m0./s1. The van der Waals surface area contributed by atoms with Gasteiger partial charge in [-0.1, -0.05) is 43.3 Å². The van der Waals surface area contributed by atoms with Gasteiger partial charge in [0.25, 0.3) is 10.0 Å². The molecular formula is C23H22N2NaO6S. The van der Waals surface area contributed by atoms with Gasteiger partial charge in [0.05, 0.1) is 35.2 Å². The molecule has 0 aliphatic carbocycles. The molecule has 8 nitrogen and oxygen atoms in total. The van der Waals surface area contributed by atoms with Crippen molar-refractivity contribution in [1.82, 2.24) is 4.90 Å². The molecule has 3 aliphatic heterocycles. The van der Waals surface area contributed by atoms with Crippen LogP contribution in [0.25, 0.3) is 11.1 Å². The summed E-state index contributed by atoms with van der Waals surface area (Å²) in [5.41, 5.74) is 1.97. The molecule has 1 amide bonds. The van der Waals surface area contributed by atoms with Gasteiger partial charge in [0.1, 0.15) is 5.70 Å². The Bertz CT molecular complexity index is 1310. The van der Waals surface area contributed by atoms with Crippen LogP contribution >= 0.6 is 0 Å². The number of aliphatic hydroxyl groups excluding tert-OH is 1. The van der Waals surface area contributed by atoms with E-state index in [9.17, 15) is 28.2 Å². The fraction of sp³-hybridized carbons (Fsp3) is 0.304.